The number of hydrogen-bond donors (Lipinski definition) is 0. The Morgan fingerprint density at radius 1 is 1.17 bits per heavy atom. The van der Waals surface area contributed by atoms with Gasteiger partial charge in [-0.25, -0.2) is 0 Å². The number of nitrogens with zero attached hydrogens (tertiary/aromatic N) is 2. The summed E-state index contributed by atoms with van der Waals surface area (Å²) in [4.78, 5) is 4.09. The molecule has 0 radical (unpaired) electrons. The Morgan fingerprint density at radius 3 is 2.33 bits per heavy atom. The van der Waals surface area contributed by atoms with Crippen molar-refractivity contribution in [2.24, 2.45) is 0 Å². The minimum absolute atomic E-state index is 0.298. The van der Waals surface area contributed by atoms with Gasteiger partial charge in [-0.3, -0.25) is 4.90 Å². The van der Waals surface area contributed by atoms with Gasteiger partial charge in [-0.05, 0) is 37.7 Å². The number of benzene rings is 1. The molecule has 7 heteroatoms. The average Bonchev–Trinajstić information content (AvgIpc) is 2.46. The lowest BCUT2D eigenvalue weighted by atomic mass is 10.0. The third kappa shape index (κ3) is 5.67. The summed E-state index contributed by atoms with van der Waals surface area (Å²) in [5, 5.41) is 0. The molecule has 0 aliphatic carbocycles. The van der Waals surface area contributed by atoms with Crippen molar-refractivity contribution in [3.8, 4) is 0 Å². The Kier molecular flexibility index (Phi) is 5.82. The number of hydrogen-bond acceptors (Lipinski definition) is 3. The van der Waals surface area contributed by atoms with Crippen molar-refractivity contribution >= 4 is 7.14 Å². The number of rotatable bonds is 4. The van der Waals surface area contributed by atoms with Crippen LogP contribution in [0.2, 0.25) is 0 Å². The normalized spacial score (nSPS) is 17.7. The Morgan fingerprint density at radius 2 is 1.79 bits per heavy atom. The molecule has 134 valence electrons. The summed E-state index contributed by atoms with van der Waals surface area (Å²) >= 11 is 0. The molecular formula is C17H24F3N2OP. The highest BCUT2D eigenvalue weighted by Crippen LogP contribution is 2.37. The predicted molar refractivity (Wildman–Crippen MR) is 91.6 cm³/mol. The summed E-state index contributed by atoms with van der Waals surface area (Å²) in [5.41, 5.74) is 0.399. The van der Waals surface area contributed by atoms with E-state index in [0.29, 0.717) is 30.8 Å². The maximum absolute atomic E-state index is 13.2. The van der Waals surface area contributed by atoms with Gasteiger partial charge in [-0.1, -0.05) is 17.7 Å². The van der Waals surface area contributed by atoms with E-state index in [1.54, 1.807) is 38.2 Å². The van der Waals surface area contributed by atoms with Gasteiger partial charge >= 0.3 is 6.18 Å². The molecule has 0 amide bonds. The van der Waals surface area contributed by atoms with E-state index in [-0.39, 0.29) is 0 Å². The average molecular weight is 360 g/mol. The molecule has 0 spiro atoms. The van der Waals surface area contributed by atoms with Crippen LogP contribution < -0.4 is 0 Å². The molecule has 1 fully saturated rings. The van der Waals surface area contributed by atoms with E-state index in [0.717, 1.165) is 13.1 Å². The van der Waals surface area contributed by atoms with Gasteiger partial charge in [0.15, 0.2) is 0 Å². The number of halogens is 3. The first-order chi connectivity index (χ1) is 11.0. The lowest BCUT2D eigenvalue weighted by Gasteiger charge is -2.34. The van der Waals surface area contributed by atoms with Crippen molar-refractivity contribution < 1.29 is 17.7 Å². The molecule has 2 rings (SSSR count). The van der Waals surface area contributed by atoms with Crippen molar-refractivity contribution in [2.75, 3.05) is 39.5 Å². The maximum Gasteiger partial charge on any atom is 0.416 e. The van der Waals surface area contributed by atoms with Crippen LogP contribution in [-0.2, 0) is 17.3 Å². The van der Waals surface area contributed by atoms with Gasteiger partial charge in [0.1, 0.15) is 7.14 Å². The van der Waals surface area contributed by atoms with Crippen LogP contribution in [0.5, 0.6) is 0 Å². The first-order valence-electron chi connectivity index (χ1n) is 7.92. The van der Waals surface area contributed by atoms with Crippen molar-refractivity contribution in [3.63, 3.8) is 0 Å². The lowest BCUT2D eigenvalue weighted by molar-refractivity contribution is -0.138. The second-order valence-electron chi connectivity index (χ2n) is 6.70. The second kappa shape index (κ2) is 7.32. The van der Waals surface area contributed by atoms with Crippen LogP contribution in [0.1, 0.15) is 16.7 Å². The third-order valence-corrected chi connectivity index (χ3v) is 4.86. The Hall–Kier alpha value is -1.26. The van der Waals surface area contributed by atoms with Crippen LogP contribution in [0.3, 0.4) is 0 Å². The van der Waals surface area contributed by atoms with Gasteiger partial charge < -0.3 is 9.46 Å². The number of piperazine rings is 1. The highest BCUT2D eigenvalue weighted by Gasteiger charge is 2.33. The zero-order valence-corrected chi connectivity index (χ0v) is 15.2. The fourth-order valence-corrected chi connectivity index (χ4v) is 3.17. The van der Waals surface area contributed by atoms with Crippen molar-refractivity contribution in [1.29, 1.82) is 0 Å². The molecule has 24 heavy (non-hydrogen) atoms. The summed E-state index contributed by atoms with van der Waals surface area (Å²) in [6.07, 6.45) is -2.47. The van der Waals surface area contributed by atoms with Crippen LogP contribution in [-0.4, -0.2) is 49.3 Å². The van der Waals surface area contributed by atoms with E-state index in [9.17, 15) is 17.7 Å². The van der Waals surface area contributed by atoms with E-state index in [1.807, 2.05) is 11.1 Å². The summed E-state index contributed by atoms with van der Waals surface area (Å²) < 4.78 is 51.3. The molecule has 1 aromatic rings. The SMILES string of the molecule is Cc1ccc(CN2CCN(/C=C/P(C)(C)=O)CC2)c(C(F)(F)F)c1. The molecule has 0 unspecified atom stereocenters. The molecule has 0 bridgehead atoms. The number of alkyl halides is 3. The Labute approximate surface area is 141 Å². The zero-order valence-electron chi connectivity index (χ0n) is 14.3. The van der Waals surface area contributed by atoms with Crippen molar-refractivity contribution in [3.05, 3.63) is 46.9 Å². The zero-order chi connectivity index (χ0) is 18.0. The number of aryl methyl sites for hydroxylation is 1. The molecule has 1 aliphatic rings. The van der Waals surface area contributed by atoms with Crippen LogP contribution in [0, 0.1) is 6.92 Å². The minimum atomic E-state index is -4.32. The van der Waals surface area contributed by atoms with Gasteiger partial charge in [0, 0.05) is 38.9 Å². The quantitative estimate of drug-likeness (QED) is 0.751. The van der Waals surface area contributed by atoms with E-state index >= 15 is 0 Å². The van der Waals surface area contributed by atoms with E-state index in [1.165, 1.54) is 6.07 Å². The highest BCUT2D eigenvalue weighted by atomic mass is 31.2. The van der Waals surface area contributed by atoms with Gasteiger partial charge in [-0.15, -0.1) is 0 Å². The molecule has 1 aromatic carbocycles. The highest BCUT2D eigenvalue weighted by molar-refractivity contribution is 7.65. The van der Waals surface area contributed by atoms with E-state index in [4.69, 9.17) is 0 Å². The predicted octanol–water partition coefficient (Wildman–Crippen LogP) is 4.23. The lowest BCUT2D eigenvalue weighted by Crippen LogP contribution is -2.43. The van der Waals surface area contributed by atoms with Crippen molar-refractivity contribution in [2.45, 2.75) is 19.6 Å². The molecule has 1 saturated heterocycles. The van der Waals surface area contributed by atoms with Gasteiger partial charge in [0.25, 0.3) is 0 Å². The largest absolute Gasteiger partial charge is 0.416 e. The molecule has 0 saturated carbocycles. The summed E-state index contributed by atoms with van der Waals surface area (Å²) in [7, 11) is -2.19. The summed E-state index contributed by atoms with van der Waals surface area (Å²) in [6.45, 7) is 8.20. The Bertz CT molecular complexity index is 644. The van der Waals surface area contributed by atoms with Gasteiger partial charge in [-0.2, -0.15) is 13.2 Å². The van der Waals surface area contributed by atoms with Crippen LogP contribution in [0.4, 0.5) is 13.2 Å². The van der Waals surface area contributed by atoms with E-state index < -0.39 is 18.9 Å². The maximum atomic E-state index is 13.2. The van der Waals surface area contributed by atoms with Crippen LogP contribution in [0.15, 0.2) is 30.2 Å². The standard InChI is InChI=1S/C17H24F3N2OP/c1-14-4-5-15(16(12-14)17(18,19)20)13-22-8-6-21(7-9-22)10-11-24(2,3)23/h4-5,10-12H,6-9,13H2,1-3H3/b11-10+. The fraction of sp³-hybridized carbons (Fsp3) is 0.529. The molecular weight excluding hydrogens is 336 g/mol. The minimum Gasteiger partial charge on any atom is -0.375 e. The fourth-order valence-electron chi connectivity index (χ4n) is 2.66. The topological polar surface area (TPSA) is 23.6 Å². The molecule has 0 atom stereocenters. The Balaban J connectivity index is 2.00. The summed E-state index contributed by atoms with van der Waals surface area (Å²) in [5.74, 6) is 1.73. The molecule has 0 N–H and O–H groups in total. The van der Waals surface area contributed by atoms with Gasteiger partial charge in [0.05, 0.1) is 5.56 Å². The van der Waals surface area contributed by atoms with Crippen molar-refractivity contribution in [1.82, 2.24) is 9.80 Å². The molecule has 0 aromatic heterocycles. The smallest absolute Gasteiger partial charge is 0.375 e. The second-order valence-corrected chi connectivity index (χ2v) is 9.87. The first-order valence-corrected chi connectivity index (χ1v) is 10.6. The summed E-state index contributed by atoms with van der Waals surface area (Å²) in [6, 6.07) is 4.52. The molecule has 3 nitrogen and oxygen atoms in total. The third-order valence-electron chi connectivity index (χ3n) is 4.01. The first kappa shape index (κ1) is 19.1. The monoisotopic (exact) mass is 360 g/mol. The van der Waals surface area contributed by atoms with E-state index in [2.05, 4.69) is 4.90 Å². The van der Waals surface area contributed by atoms with Crippen LogP contribution in [0.25, 0.3) is 0 Å². The van der Waals surface area contributed by atoms with Gasteiger partial charge in [0.2, 0.25) is 0 Å². The molecule has 1 heterocycles. The van der Waals surface area contributed by atoms with Crippen LogP contribution >= 0.6 is 7.14 Å². The molecule has 1 aliphatic heterocycles.